The van der Waals surface area contributed by atoms with Crippen molar-refractivity contribution in [2.45, 2.75) is 46.8 Å². The lowest BCUT2D eigenvalue weighted by molar-refractivity contribution is 0.0992. The summed E-state index contributed by atoms with van der Waals surface area (Å²) < 4.78 is 40.8. The largest absolute Gasteiger partial charge is 0.486 e. The van der Waals surface area contributed by atoms with Crippen LogP contribution in [0.25, 0.3) is 21.3 Å². The molecule has 0 bridgehead atoms. The molecule has 0 aliphatic heterocycles. The van der Waals surface area contributed by atoms with Crippen LogP contribution < -0.4 is 15.8 Å². The molecule has 0 spiro atoms. The fourth-order valence-electron chi connectivity index (χ4n) is 4.49. The first-order valence-corrected chi connectivity index (χ1v) is 13.7. The van der Waals surface area contributed by atoms with Crippen molar-refractivity contribution < 1.29 is 27.5 Å². The Morgan fingerprint density at radius 2 is 1.90 bits per heavy atom. The van der Waals surface area contributed by atoms with Crippen LogP contribution in [0, 0.1) is 6.92 Å². The number of rotatable bonds is 10. The van der Waals surface area contributed by atoms with Crippen molar-refractivity contribution in [3.63, 3.8) is 0 Å². The number of hydrogen-bond donors (Lipinski definition) is 2. The molecule has 4 heterocycles. The predicted molar refractivity (Wildman–Crippen MR) is 152 cm³/mol. The monoisotopic (exact) mass is 579 g/mol. The van der Waals surface area contributed by atoms with Crippen LogP contribution in [-0.2, 0) is 19.6 Å². The number of aryl methyl sites for hydroxylation is 2. The lowest BCUT2D eigenvalue weighted by atomic mass is 10.0. The van der Waals surface area contributed by atoms with Crippen molar-refractivity contribution in [1.82, 2.24) is 14.8 Å². The maximum atomic E-state index is 13.8. The standard InChI is InChI=1S/C29H27F2N5O4S/c1-4-16-6-8-17(9-7-16)39-14-18-10-11-22(40-18)28(38)35-24-23-19(20-13-33-36(5-2)15(20)3)12-21(26(30)31)34-29(23)41-25(24)27(32)37/h6-13,26H,4-5,14H2,1-3H3,(H2,32,37)(H,35,38). The first-order chi connectivity index (χ1) is 19.7. The van der Waals surface area contributed by atoms with Crippen LogP contribution in [0.4, 0.5) is 14.5 Å². The van der Waals surface area contributed by atoms with E-state index < -0.39 is 23.9 Å². The summed E-state index contributed by atoms with van der Waals surface area (Å²) in [6.07, 6.45) is -0.379. The van der Waals surface area contributed by atoms with E-state index in [1.807, 2.05) is 38.1 Å². The number of nitrogens with one attached hydrogen (secondary N) is 1. The Hall–Kier alpha value is -4.58. The summed E-state index contributed by atoms with van der Waals surface area (Å²) in [5, 5.41) is 7.35. The molecule has 0 saturated heterocycles. The number of carbonyl (C=O) groups excluding carboxylic acids is 2. The number of carbonyl (C=O) groups is 2. The number of alkyl halides is 2. The summed E-state index contributed by atoms with van der Waals surface area (Å²) in [6, 6.07) is 12.0. The molecule has 0 fully saturated rings. The van der Waals surface area contributed by atoms with Crippen molar-refractivity contribution in [2.75, 3.05) is 5.32 Å². The molecule has 0 atom stereocenters. The third-order valence-corrected chi connectivity index (χ3v) is 7.76. The number of nitrogens with zero attached hydrogens (tertiary/aromatic N) is 3. The zero-order chi connectivity index (χ0) is 29.3. The van der Waals surface area contributed by atoms with Gasteiger partial charge in [0.25, 0.3) is 18.2 Å². The molecule has 1 aromatic carbocycles. The van der Waals surface area contributed by atoms with Gasteiger partial charge in [-0.15, -0.1) is 11.3 Å². The molecule has 0 aliphatic carbocycles. The highest BCUT2D eigenvalue weighted by atomic mass is 32.1. The van der Waals surface area contributed by atoms with Crippen LogP contribution in [0.5, 0.6) is 5.75 Å². The number of thiophene rings is 1. The fourth-order valence-corrected chi connectivity index (χ4v) is 5.51. The lowest BCUT2D eigenvalue weighted by Gasteiger charge is -2.10. The number of aromatic nitrogens is 3. The number of amides is 2. The second-order valence-electron chi connectivity index (χ2n) is 9.21. The summed E-state index contributed by atoms with van der Waals surface area (Å²) >= 11 is 0.830. The van der Waals surface area contributed by atoms with Gasteiger partial charge in [-0.3, -0.25) is 14.3 Å². The summed E-state index contributed by atoms with van der Waals surface area (Å²) in [6.45, 7) is 6.44. The topological polar surface area (TPSA) is 125 Å². The van der Waals surface area contributed by atoms with E-state index in [9.17, 15) is 18.4 Å². The van der Waals surface area contributed by atoms with Gasteiger partial charge in [0.05, 0.1) is 11.9 Å². The van der Waals surface area contributed by atoms with Crippen molar-refractivity contribution in [3.05, 3.63) is 82.0 Å². The van der Waals surface area contributed by atoms with E-state index in [1.165, 1.54) is 17.7 Å². The SMILES string of the molecule is CCc1ccc(OCc2ccc(C(=O)Nc3c(C(N)=O)sc4nc(C(F)F)cc(-c5cnn(CC)c5C)c34)o2)cc1. The Kier molecular flexibility index (Phi) is 7.84. The van der Waals surface area contributed by atoms with Crippen molar-refractivity contribution in [1.29, 1.82) is 0 Å². The molecule has 9 nitrogen and oxygen atoms in total. The maximum Gasteiger partial charge on any atom is 0.291 e. The van der Waals surface area contributed by atoms with Crippen molar-refractivity contribution in [2.24, 2.45) is 5.73 Å². The number of benzene rings is 1. The zero-order valence-electron chi connectivity index (χ0n) is 22.5. The Morgan fingerprint density at radius 1 is 1.15 bits per heavy atom. The van der Waals surface area contributed by atoms with Gasteiger partial charge in [0, 0.05) is 23.2 Å². The molecule has 5 rings (SSSR count). The molecule has 212 valence electrons. The lowest BCUT2D eigenvalue weighted by Crippen LogP contribution is -2.16. The number of hydrogen-bond acceptors (Lipinski definition) is 7. The molecule has 3 N–H and O–H groups in total. The van der Waals surface area contributed by atoms with Crippen LogP contribution in [0.15, 0.2) is 53.1 Å². The third-order valence-electron chi connectivity index (χ3n) is 6.66. The molecule has 0 saturated carbocycles. The number of halogens is 2. The molecule has 2 amide bonds. The van der Waals surface area contributed by atoms with Crippen LogP contribution >= 0.6 is 11.3 Å². The van der Waals surface area contributed by atoms with Gasteiger partial charge in [0.2, 0.25) is 0 Å². The molecule has 5 aromatic rings. The highest BCUT2D eigenvalue weighted by Gasteiger charge is 2.27. The number of ether oxygens (including phenoxy) is 1. The van der Waals surface area contributed by atoms with E-state index >= 15 is 0 Å². The van der Waals surface area contributed by atoms with E-state index in [4.69, 9.17) is 14.9 Å². The quantitative estimate of drug-likeness (QED) is 0.194. The minimum absolute atomic E-state index is 0.0281. The van der Waals surface area contributed by atoms with Gasteiger partial charge < -0.3 is 20.2 Å². The van der Waals surface area contributed by atoms with Gasteiger partial charge in [-0.05, 0) is 61.7 Å². The van der Waals surface area contributed by atoms with Gasteiger partial charge in [0.15, 0.2) is 5.76 Å². The van der Waals surface area contributed by atoms with Crippen molar-refractivity contribution in [3.8, 4) is 16.9 Å². The molecule has 0 aliphatic rings. The minimum Gasteiger partial charge on any atom is -0.486 e. The highest BCUT2D eigenvalue weighted by Crippen LogP contribution is 2.43. The second-order valence-corrected chi connectivity index (χ2v) is 10.2. The number of primary amides is 1. The van der Waals surface area contributed by atoms with E-state index in [0.717, 1.165) is 23.5 Å². The average Bonchev–Trinajstić information content (AvgIpc) is 3.69. The van der Waals surface area contributed by atoms with Gasteiger partial charge >= 0.3 is 0 Å². The van der Waals surface area contributed by atoms with Crippen molar-refractivity contribution >= 4 is 39.1 Å². The molecule has 41 heavy (non-hydrogen) atoms. The van der Waals surface area contributed by atoms with Crippen LogP contribution in [-0.4, -0.2) is 26.6 Å². The Balaban J connectivity index is 1.49. The molecule has 4 aromatic heterocycles. The van der Waals surface area contributed by atoms with E-state index in [2.05, 4.69) is 22.3 Å². The molecule has 0 unspecified atom stereocenters. The Morgan fingerprint density at radius 3 is 2.54 bits per heavy atom. The predicted octanol–water partition coefficient (Wildman–Crippen LogP) is 6.51. The van der Waals surface area contributed by atoms with E-state index in [1.54, 1.807) is 16.9 Å². The molecule has 0 radical (unpaired) electrons. The average molecular weight is 580 g/mol. The molecular weight excluding hydrogens is 552 g/mol. The van der Waals surface area contributed by atoms with Crippen LogP contribution in [0.3, 0.4) is 0 Å². The first kappa shape index (κ1) is 28.0. The fraction of sp³-hybridized carbons (Fsp3) is 0.241. The number of furan rings is 1. The summed E-state index contributed by atoms with van der Waals surface area (Å²) in [5.74, 6) is -0.461. The second kappa shape index (κ2) is 11.5. The minimum atomic E-state index is -2.86. The third kappa shape index (κ3) is 5.55. The summed E-state index contributed by atoms with van der Waals surface area (Å²) in [5.41, 5.74) is 8.07. The number of nitrogens with two attached hydrogens (primary N) is 1. The summed E-state index contributed by atoms with van der Waals surface area (Å²) in [7, 11) is 0. The number of fused-ring (bicyclic) bond motifs is 1. The van der Waals surface area contributed by atoms with Crippen LogP contribution in [0.2, 0.25) is 0 Å². The van der Waals surface area contributed by atoms with Crippen LogP contribution in [0.1, 0.15) is 63.2 Å². The van der Waals surface area contributed by atoms with Gasteiger partial charge in [0.1, 0.15) is 33.5 Å². The van der Waals surface area contributed by atoms with Gasteiger partial charge in [-0.1, -0.05) is 19.1 Å². The maximum absolute atomic E-state index is 13.8. The van der Waals surface area contributed by atoms with Gasteiger partial charge in [-0.25, -0.2) is 13.8 Å². The number of pyridine rings is 1. The van der Waals surface area contributed by atoms with Gasteiger partial charge in [-0.2, -0.15) is 5.10 Å². The number of anilines is 1. The summed E-state index contributed by atoms with van der Waals surface area (Å²) in [4.78, 5) is 29.9. The first-order valence-electron chi connectivity index (χ1n) is 12.9. The molecular formula is C29H27F2N5O4S. The smallest absolute Gasteiger partial charge is 0.291 e. The zero-order valence-corrected chi connectivity index (χ0v) is 23.4. The normalized spacial score (nSPS) is 11.4. The molecule has 12 heteroatoms. The highest BCUT2D eigenvalue weighted by molar-refractivity contribution is 7.21. The van der Waals surface area contributed by atoms with E-state index in [0.29, 0.717) is 34.6 Å². The Labute approximate surface area is 237 Å². The van der Waals surface area contributed by atoms with E-state index in [-0.39, 0.29) is 27.8 Å². The Bertz CT molecular complexity index is 1740.